The summed E-state index contributed by atoms with van der Waals surface area (Å²) in [6.07, 6.45) is 2.98. The van der Waals surface area contributed by atoms with E-state index in [1.165, 1.54) is 0 Å². The Morgan fingerprint density at radius 3 is 2.71 bits per heavy atom. The maximum Gasteiger partial charge on any atom is 0.126 e. The van der Waals surface area contributed by atoms with Crippen LogP contribution in [-0.2, 0) is 6.42 Å². The minimum absolute atomic E-state index is 0.0607. The average molecular weight is 195 g/mol. The molecule has 0 unspecified atom stereocenters. The zero-order chi connectivity index (χ0) is 10.4. The van der Waals surface area contributed by atoms with Crippen molar-refractivity contribution >= 4 is 0 Å². The van der Waals surface area contributed by atoms with Gasteiger partial charge in [-0.25, -0.2) is 4.39 Å². The molecule has 14 heavy (non-hydrogen) atoms. The van der Waals surface area contributed by atoms with Gasteiger partial charge in [0.25, 0.3) is 0 Å². The lowest BCUT2D eigenvalue weighted by Gasteiger charge is -2.04. The molecule has 0 heterocycles. The monoisotopic (exact) mass is 195 g/mol. The number of rotatable bonds is 5. The first-order valence-corrected chi connectivity index (χ1v) is 5.13. The van der Waals surface area contributed by atoms with Gasteiger partial charge in [0.05, 0.1) is 0 Å². The van der Waals surface area contributed by atoms with Crippen LogP contribution in [0.4, 0.5) is 4.39 Å². The molecule has 1 rings (SSSR count). The lowest BCUT2D eigenvalue weighted by Crippen LogP contribution is -2.07. The number of hydrogen-bond donors (Lipinski definition) is 1. The van der Waals surface area contributed by atoms with Gasteiger partial charge in [0.2, 0.25) is 0 Å². The lowest BCUT2D eigenvalue weighted by molar-refractivity contribution is 0.595. The average Bonchev–Trinajstić information content (AvgIpc) is 2.15. The van der Waals surface area contributed by atoms with Crippen LogP contribution in [0.1, 0.15) is 24.0 Å². The molecule has 1 aromatic rings. The zero-order valence-electron chi connectivity index (χ0n) is 8.94. The van der Waals surface area contributed by atoms with Gasteiger partial charge in [-0.3, -0.25) is 0 Å². The van der Waals surface area contributed by atoms with Gasteiger partial charge >= 0.3 is 0 Å². The fourth-order valence-electron chi connectivity index (χ4n) is 1.47. The highest BCUT2D eigenvalue weighted by Gasteiger charge is 2.01. The Morgan fingerprint density at radius 1 is 1.29 bits per heavy atom. The summed E-state index contributed by atoms with van der Waals surface area (Å²) in [5, 5.41) is 3.08. The van der Waals surface area contributed by atoms with E-state index in [9.17, 15) is 4.39 Å². The van der Waals surface area contributed by atoms with Gasteiger partial charge in [-0.05, 0) is 57.0 Å². The Labute approximate surface area is 85.3 Å². The van der Waals surface area contributed by atoms with E-state index in [0.717, 1.165) is 36.9 Å². The van der Waals surface area contributed by atoms with Crippen molar-refractivity contribution in [3.05, 3.63) is 35.1 Å². The molecule has 0 radical (unpaired) electrons. The minimum Gasteiger partial charge on any atom is -0.320 e. The van der Waals surface area contributed by atoms with E-state index in [2.05, 4.69) is 5.32 Å². The topological polar surface area (TPSA) is 12.0 Å². The first-order chi connectivity index (χ1) is 6.74. The molecule has 1 aromatic carbocycles. The summed E-state index contributed by atoms with van der Waals surface area (Å²) < 4.78 is 13.3. The van der Waals surface area contributed by atoms with E-state index in [1.54, 1.807) is 6.07 Å². The van der Waals surface area contributed by atoms with Crippen LogP contribution >= 0.6 is 0 Å². The molecule has 0 bridgehead atoms. The first kappa shape index (κ1) is 11.2. The Kier molecular flexibility index (Phi) is 4.60. The molecule has 0 fully saturated rings. The van der Waals surface area contributed by atoms with Crippen LogP contribution in [0.3, 0.4) is 0 Å². The van der Waals surface area contributed by atoms with E-state index >= 15 is 0 Å². The third-order valence-corrected chi connectivity index (χ3v) is 2.33. The summed E-state index contributed by atoms with van der Waals surface area (Å²) >= 11 is 0. The lowest BCUT2D eigenvalue weighted by atomic mass is 10.1. The predicted molar refractivity (Wildman–Crippen MR) is 58.0 cm³/mol. The molecule has 0 saturated heterocycles. The maximum absolute atomic E-state index is 13.3. The molecule has 0 amide bonds. The van der Waals surface area contributed by atoms with Crippen molar-refractivity contribution in [2.45, 2.75) is 26.2 Å². The standard InChI is InChI=1S/C12H18FN/c1-10-6-7-11(12(13)9-10)5-3-4-8-14-2/h6-7,9,14H,3-5,8H2,1-2H3. The molecule has 1 N–H and O–H groups in total. The van der Waals surface area contributed by atoms with E-state index in [1.807, 2.05) is 26.1 Å². The summed E-state index contributed by atoms with van der Waals surface area (Å²) in [4.78, 5) is 0. The van der Waals surface area contributed by atoms with E-state index in [4.69, 9.17) is 0 Å². The smallest absolute Gasteiger partial charge is 0.126 e. The van der Waals surface area contributed by atoms with Crippen LogP contribution in [0.2, 0.25) is 0 Å². The molecule has 0 saturated carbocycles. The molecular formula is C12H18FN. The van der Waals surface area contributed by atoms with Crippen molar-refractivity contribution < 1.29 is 4.39 Å². The van der Waals surface area contributed by atoms with Crippen molar-refractivity contribution in [1.29, 1.82) is 0 Å². The number of nitrogens with one attached hydrogen (secondary N) is 1. The summed E-state index contributed by atoms with van der Waals surface area (Å²) in [6.45, 7) is 2.92. The minimum atomic E-state index is -0.0607. The fraction of sp³-hybridized carbons (Fsp3) is 0.500. The fourth-order valence-corrected chi connectivity index (χ4v) is 1.47. The summed E-state index contributed by atoms with van der Waals surface area (Å²) in [5.41, 5.74) is 1.83. The van der Waals surface area contributed by atoms with Gasteiger partial charge in [-0.2, -0.15) is 0 Å². The quantitative estimate of drug-likeness (QED) is 0.712. The van der Waals surface area contributed by atoms with Gasteiger partial charge in [0, 0.05) is 0 Å². The van der Waals surface area contributed by atoms with Crippen LogP contribution < -0.4 is 5.32 Å². The Bertz CT molecular complexity index is 284. The van der Waals surface area contributed by atoms with Crippen LogP contribution in [0, 0.1) is 12.7 Å². The number of halogens is 1. The summed E-state index contributed by atoms with van der Waals surface area (Å²) in [7, 11) is 1.94. The second-order valence-electron chi connectivity index (χ2n) is 3.66. The molecule has 2 heteroatoms. The van der Waals surface area contributed by atoms with Crippen molar-refractivity contribution in [1.82, 2.24) is 5.32 Å². The molecule has 78 valence electrons. The third-order valence-electron chi connectivity index (χ3n) is 2.33. The first-order valence-electron chi connectivity index (χ1n) is 5.13. The number of unbranched alkanes of at least 4 members (excludes halogenated alkanes) is 1. The molecule has 0 aliphatic rings. The van der Waals surface area contributed by atoms with Crippen molar-refractivity contribution in [3.8, 4) is 0 Å². The van der Waals surface area contributed by atoms with Gasteiger partial charge in [0.1, 0.15) is 5.82 Å². The predicted octanol–water partition coefficient (Wildman–Crippen LogP) is 2.68. The highest BCUT2D eigenvalue weighted by atomic mass is 19.1. The number of benzene rings is 1. The highest BCUT2D eigenvalue weighted by Crippen LogP contribution is 2.12. The molecule has 0 aromatic heterocycles. The van der Waals surface area contributed by atoms with E-state index in [-0.39, 0.29) is 5.82 Å². The number of hydrogen-bond acceptors (Lipinski definition) is 1. The molecule has 0 aliphatic carbocycles. The SMILES string of the molecule is CNCCCCc1ccc(C)cc1F. The molecular weight excluding hydrogens is 177 g/mol. The van der Waals surface area contributed by atoms with Gasteiger partial charge in [-0.15, -0.1) is 0 Å². The highest BCUT2D eigenvalue weighted by molar-refractivity contribution is 5.23. The van der Waals surface area contributed by atoms with Crippen molar-refractivity contribution in [3.63, 3.8) is 0 Å². The van der Waals surface area contributed by atoms with Crippen molar-refractivity contribution in [2.24, 2.45) is 0 Å². The second kappa shape index (κ2) is 5.76. The van der Waals surface area contributed by atoms with E-state index in [0.29, 0.717) is 0 Å². The third kappa shape index (κ3) is 3.46. The number of aryl methyl sites for hydroxylation is 2. The second-order valence-corrected chi connectivity index (χ2v) is 3.66. The maximum atomic E-state index is 13.3. The van der Waals surface area contributed by atoms with Gasteiger partial charge < -0.3 is 5.32 Å². The van der Waals surface area contributed by atoms with Gasteiger partial charge in [-0.1, -0.05) is 12.1 Å². The summed E-state index contributed by atoms with van der Waals surface area (Å²) in [5.74, 6) is -0.0607. The normalized spacial score (nSPS) is 10.5. The zero-order valence-corrected chi connectivity index (χ0v) is 8.94. The summed E-state index contributed by atoms with van der Waals surface area (Å²) in [6, 6.07) is 5.47. The Balaban J connectivity index is 2.42. The van der Waals surface area contributed by atoms with Crippen LogP contribution in [-0.4, -0.2) is 13.6 Å². The van der Waals surface area contributed by atoms with Crippen LogP contribution in [0.5, 0.6) is 0 Å². The van der Waals surface area contributed by atoms with Gasteiger partial charge in [0.15, 0.2) is 0 Å². The largest absolute Gasteiger partial charge is 0.320 e. The van der Waals surface area contributed by atoms with Crippen molar-refractivity contribution in [2.75, 3.05) is 13.6 Å². The van der Waals surface area contributed by atoms with Crippen LogP contribution in [0.25, 0.3) is 0 Å². The Morgan fingerprint density at radius 2 is 2.07 bits per heavy atom. The molecule has 0 aliphatic heterocycles. The Hall–Kier alpha value is -0.890. The molecule has 0 atom stereocenters. The van der Waals surface area contributed by atoms with Crippen LogP contribution in [0.15, 0.2) is 18.2 Å². The molecule has 1 nitrogen and oxygen atoms in total. The van der Waals surface area contributed by atoms with E-state index < -0.39 is 0 Å². The molecule has 0 spiro atoms.